The minimum atomic E-state index is -0.374. The van der Waals surface area contributed by atoms with Gasteiger partial charge in [-0.15, -0.1) is 0 Å². The molecule has 6 heteroatoms. The Morgan fingerprint density at radius 3 is 2.46 bits per heavy atom. The van der Waals surface area contributed by atoms with Gasteiger partial charge in [0.25, 0.3) is 0 Å². The third kappa shape index (κ3) is 2.79. The second-order valence-corrected chi connectivity index (χ2v) is 7.74. The Morgan fingerprint density at radius 2 is 1.77 bits per heavy atom. The van der Waals surface area contributed by atoms with Gasteiger partial charge in [0, 0.05) is 18.6 Å². The van der Waals surface area contributed by atoms with E-state index in [9.17, 15) is 0 Å². The molecule has 0 aliphatic carbocycles. The summed E-state index contributed by atoms with van der Waals surface area (Å²) in [5.74, 6) is 1.32. The van der Waals surface area contributed by atoms with Crippen molar-refractivity contribution in [2.45, 2.75) is 45.8 Å². The summed E-state index contributed by atoms with van der Waals surface area (Å²) in [5.41, 5.74) is 2.30. The van der Waals surface area contributed by atoms with Gasteiger partial charge in [0.2, 0.25) is 5.88 Å². The molecular formula is C20H23BN2O3. The number of fused-ring (bicyclic) bond motifs is 1. The van der Waals surface area contributed by atoms with Crippen molar-refractivity contribution in [1.82, 2.24) is 9.38 Å². The maximum atomic E-state index is 6.16. The average molecular weight is 350 g/mol. The van der Waals surface area contributed by atoms with Crippen LogP contribution in [0.3, 0.4) is 0 Å². The van der Waals surface area contributed by atoms with Gasteiger partial charge in [0.05, 0.1) is 11.2 Å². The summed E-state index contributed by atoms with van der Waals surface area (Å²) < 4.78 is 20.3. The molecule has 3 aromatic rings. The van der Waals surface area contributed by atoms with Crippen molar-refractivity contribution in [3.63, 3.8) is 0 Å². The van der Waals surface area contributed by atoms with E-state index in [2.05, 4.69) is 32.7 Å². The van der Waals surface area contributed by atoms with Crippen molar-refractivity contribution in [3.8, 4) is 11.6 Å². The zero-order valence-electron chi connectivity index (χ0n) is 15.8. The number of aryl methyl sites for hydroxylation is 1. The molecule has 1 aliphatic rings. The quantitative estimate of drug-likeness (QED) is 0.675. The van der Waals surface area contributed by atoms with E-state index in [4.69, 9.17) is 14.0 Å². The summed E-state index contributed by atoms with van der Waals surface area (Å²) in [6.07, 6.45) is 5.60. The lowest BCUT2D eigenvalue weighted by molar-refractivity contribution is 0.00578. The molecule has 0 amide bonds. The molecule has 3 heterocycles. The molecule has 2 aromatic heterocycles. The Balaban J connectivity index is 1.60. The highest BCUT2D eigenvalue weighted by molar-refractivity contribution is 6.62. The van der Waals surface area contributed by atoms with Crippen LogP contribution in [-0.2, 0) is 9.31 Å². The van der Waals surface area contributed by atoms with Gasteiger partial charge in [-0.3, -0.25) is 0 Å². The third-order valence-electron chi connectivity index (χ3n) is 5.38. The molecule has 0 spiro atoms. The van der Waals surface area contributed by atoms with Crippen LogP contribution in [0.2, 0.25) is 0 Å². The summed E-state index contributed by atoms with van der Waals surface area (Å²) in [6, 6.07) is 9.88. The molecule has 1 aromatic carbocycles. The Kier molecular flexibility index (Phi) is 3.86. The highest BCUT2D eigenvalue weighted by Gasteiger charge is 2.52. The number of ether oxygens (including phenoxy) is 1. The molecule has 1 aliphatic heterocycles. The zero-order chi connectivity index (χ0) is 18.5. The normalized spacial score (nSPS) is 18.4. The molecule has 26 heavy (non-hydrogen) atoms. The first-order valence-electron chi connectivity index (χ1n) is 8.83. The number of hydrogen-bond donors (Lipinski definition) is 0. The number of aromatic nitrogens is 2. The third-order valence-corrected chi connectivity index (χ3v) is 5.38. The first-order valence-corrected chi connectivity index (χ1v) is 8.83. The molecule has 1 saturated heterocycles. The fourth-order valence-electron chi connectivity index (χ4n) is 3.08. The average Bonchev–Trinajstić information content (AvgIpc) is 3.10. The maximum Gasteiger partial charge on any atom is 0.495 e. The van der Waals surface area contributed by atoms with E-state index in [0.717, 1.165) is 22.3 Å². The fraction of sp³-hybridized carbons (Fsp3) is 0.350. The highest BCUT2D eigenvalue weighted by Crippen LogP contribution is 2.37. The van der Waals surface area contributed by atoms with E-state index in [1.54, 1.807) is 6.20 Å². The standard InChI is InChI=1S/C20H23BN2O3/c1-14-13-15(24-18-17-7-6-11-23(17)12-10-22-18)8-9-16(14)21-25-19(2,3)20(4,5)26-21/h6-13H,1-5H3. The van der Waals surface area contributed by atoms with Crippen LogP contribution in [0.1, 0.15) is 33.3 Å². The van der Waals surface area contributed by atoms with E-state index in [1.165, 1.54) is 0 Å². The van der Waals surface area contributed by atoms with Crippen molar-refractivity contribution in [1.29, 1.82) is 0 Å². The van der Waals surface area contributed by atoms with Gasteiger partial charge in [0.15, 0.2) is 0 Å². The van der Waals surface area contributed by atoms with Crippen molar-refractivity contribution in [3.05, 3.63) is 54.5 Å². The fourth-order valence-corrected chi connectivity index (χ4v) is 3.08. The van der Waals surface area contributed by atoms with Crippen LogP contribution in [0.5, 0.6) is 11.6 Å². The summed E-state index contributed by atoms with van der Waals surface area (Å²) in [7, 11) is -0.374. The zero-order valence-corrected chi connectivity index (χ0v) is 15.8. The molecule has 0 saturated carbocycles. The van der Waals surface area contributed by atoms with Gasteiger partial charge in [-0.05, 0) is 69.9 Å². The van der Waals surface area contributed by atoms with Crippen molar-refractivity contribution < 1.29 is 14.0 Å². The molecular weight excluding hydrogens is 327 g/mol. The van der Waals surface area contributed by atoms with Crippen molar-refractivity contribution >= 4 is 18.1 Å². The Labute approximate surface area is 154 Å². The summed E-state index contributed by atoms with van der Waals surface area (Å²) in [6.45, 7) is 10.3. The Bertz CT molecular complexity index is 949. The monoisotopic (exact) mass is 350 g/mol. The van der Waals surface area contributed by atoms with Crippen molar-refractivity contribution in [2.75, 3.05) is 0 Å². The van der Waals surface area contributed by atoms with E-state index in [-0.39, 0.29) is 18.3 Å². The highest BCUT2D eigenvalue weighted by atomic mass is 16.7. The molecule has 5 nitrogen and oxygen atoms in total. The van der Waals surface area contributed by atoms with Gasteiger partial charge in [-0.25, -0.2) is 4.98 Å². The van der Waals surface area contributed by atoms with E-state index in [1.807, 2.05) is 54.0 Å². The van der Waals surface area contributed by atoms with Gasteiger partial charge in [-0.2, -0.15) is 0 Å². The topological polar surface area (TPSA) is 45.0 Å². The maximum absolute atomic E-state index is 6.16. The van der Waals surface area contributed by atoms with Gasteiger partial charge in [0.1, 0.15) is 11.3 Å². The number of nitrogens with zero attached hydrogens (tertiary/aromatic N) is 2. The second-order valence-electron chi connectivity index (χ2n) is 7.74. The predicted molar refractivity (Wildman–Crippen MR) is 102 cm³/mol. The molecule has 0 unspecified atom stereocenters. The lowest BCUT2D eigenvalue weighted by atomic mass is 9.76. The Morgan fingerprint density at radius 1 is 1.04 bits per heavy atom. The summed E-state index contributed by atoms with van der Waals surface area (Å²) in [5, 5.41) is 0. The smallest absolute Gasteiger partial charge is 0.437 e. The van der Waals surface area contributed by atoms with Crippen LogP contribution in [0.25, 0.3) is 5.52 Å². The molecule has 0 radical (unpaired) electrons. The largest absolute Gasteiger partial charge is 0.495 e. The lowest BCUT2D eigenvalue weighted by Crippen LogP contribution is -2.41. The minimum absolute atomic E-state index is 0.353. The molecule has 134 valence electrons. The van der Waals surface area contributed by atoms with Crippen LogP contribution in [-0.4, -0.2) is 27.7 Å². The predicted octanol–water partition coefficient (Wildman–Crippen LogP) is 3.73. The van der Waals surface area contributed by atoms with Gasteiger partial charge in [-0.1, -0.05) is 6.07 Å². The first kappa shape index (κ1) is 17.1. The van der Waals surface area contributed by atoms with E-state index < -0.39 is 0 Å². The van der Waals surface area contributed by atoms with E-state index >= 15 is 0 Å². The molecule has 1 fully saturated rings. The van der Waals surface area contributed by atoms with Gasteiger partial charge >= 0.3 is 7.12 Å². The van der Waals surface area contributed by atoms with Crippen LogP contribution < -0.4 is 10.2 Å². The van der Waals surface area contributed by atoms with Crippen LogP contribution in [0, 0.1) is 6.92 Å². The summed E-state index contributed by atoms with van der Waals surface area (Å²) in [4.78, 5) is 4.35. The van der Waals surface area contributed by atoms with E-state index in [0.29, 0.717) is 5.88 Å². The van der Waals surface area contributed by atoms with Gasteiger partial charge < -0.3 is 18.4 Å². The molecule has 0 bridgehead atoms. The van der Waals surface area contributed by atoms with Crippen LogP contribution in [0.15, 0.2) is 48.9 Å². The SMILES string of the molecule is Cc1cc(Oc2nccn3cccc23)ccc1B1OC(C)(C)C(C)(C)O1. The lowest BCUT2D eigenvalue weighted by Gasteiger charge is -2.32. The molecule has 0 N–H and O–H groups in total. The minimum Gasteiger partial charge on any atom is -0.437 e. The Hall–Kier alpha value is -2.31. The van der Waals surface area contributed by atoms with Crippen LogP contribution >= 0.6 is 0 Å². The number of hydrogen-bond acceptors (Lipinski definition) is 4. The number of benzene rings is 1. The summed E-state index contributed by atoms with van der Waals surface area (Å²) >= 11 is 0. The first-order chi connectivity index (χ1) is 12.3. The molecule has 0 atom stereocenters. The second kappa shape index (κ2) is 5.86. The van der Waals surface area contributed by atoms with Crippen LogP contribution in [0.4, 0.5) is 0 Å². The van der Waals surface area contributed by atoms with Crippen molar-refractivity contribution in [2.24, 2.45) is 0 Å². The molecule has 4 rings (SSSR count). The number of rotatable bonds is 3.